The van der Waals surface area contributed by atoms with E-state index in [0.717, 1.165) is 25.0 Å². The molecule has 0 bridgehead atoms. The van der Waals surface area contributed by atoms with Crippen LogP contribution >= 0.6 is 0 Å². The predicted octanol–water partition coefficient (Wildman–Crippen LogP) is 3.09. The number of pyridine rings is 1. The van der Waals surface area contributed by atoms with Gasteiger partial charge in [-0.25, -0.2) is 0 Å². The number of ether oxygens (including phenoxy) is 1. The highest BCUT2D eigenvalue weighted by atomic mass is 16.5. The zero-order chi connectivity index (χ0) is 14.5. The Morgan fingerprint density at radius 1 is 1.29 bits per heavy atom. The van der Waals surface area contributed by atoms with E-state index in [-0.39, 0.29) is 6.04 Å². The van der Waals surface area contributed by atoms with Crippen LogP contribution in [0.1, 0.15) is 43.7 Å². The molecule has 3 rings (SSSR count). The molecular weight excluding hydrogens is 262 g/mol. The van der Waals surface area contributed by atoms with E-state index in [0.29, 0.717) is 6.10 Å². The minimum absolute atomic E-state index is 0.142. The van der Waals surface area contributed by atoms with Crippen molar-refractivity contribution < 1.29 is 4.74 Å². The Hall–Kier alpha value is -1.49. The number of hydrazine groups is 1. The van der Waals surface area contributed by atoms with Gasteiger partial charge in [0.2, 0.25) is 0 Å². The van der Waals surface area contributed by atoms with Crippen molar-refractivity contribution in [3.8, 4) is 0 Å². The minimum atomic E-state index is 0.142. The van der Waals surface area contributed by atoms with Gasteiger partial charge in [0.1, 0.15) is 0 Å². The van der Waals surface area contributed by atoms with Crippen molar-refractivity contribution >= 4 is 10.9 Å². The van der Waals surface area contributed by atoms with Crippen LogP contribution in [0.3, 0.4) is 0 Å². The average Bonchev–Trinajstić information content (AvgIpc) is 2.56. The number of hydrogen-bond donors (Lipinski definition) is 2. The van der Waals surface area contributed by atoms with E-state index in [4.69, 9.17) is 10.6 Å². The van der Waals surface area contributed by atoms with Gasteiger partial charge in [0.15, 0.2) is 0 Å². The first-order valence-electron chi connectivity index (χ1n) is 7.80. The Bertz CT molecular complexity index is 576. The molecule has 1 aromatic carbocycles. The molecule has 3 N–H and O–H groups in total. The summed E-state index contributed by atoms with van der Waals surface area (Å²) in [6, 6.07) is 10.4. The second-order valence-corrected chi connectivity index (χ2v) is 5.70. The summed E-state index contributed by atoms with van der Waals surface area (Å²) >= 11 is 0. The molecule has 0 saturated carbocycles. The molecule has 2 unspecified atom stereocenters. The van der Waals surface area contributed by atoms with Crippen molar-refractivity contribution in [2.75, 3.05) is 6.61 Å². The average molecular weight is 285 g/mol. The third-order valence-electron chi connectivity index (χ3n) is 4.31. The molecule has 2 aromatic rings. The van der Waals surface area contributed by atoms with Crippen molar-refractivity contribution in [3.05, 3.63) is 42.1 Å². The topological polar surface area (TPSA) is 60.2 Å². The Kier molecular flexibility index (Phi) is 4.80. The van der Waals surface area contributed by atoms with Crippen molar-refractivity contribution in [1.29, 1.82) is 0 Å². The highest BCUT2D eigenvalue weighted by Gasteiger charge is 2.18. The second kappa shape index (κ2) is 6.98. The first kappa shape index (κ1) is 14.4. The Labute approximate surface area is 125 Å². The van der Waals surface area contributed by atoms with Crippen LogP contribution in [-0.2, 0) is 4.74 Å². The summed E-state index contributed by atoms with van der Waals surface area (Å²) in [5.41, 5.74) is 5.21. The van der Waals surface area contributed by atoms with Crippen LogP contribution in [0.2, 0.25) is 0 Å². The lowest BCUT2D eigenvalue weighted by Crippen LogP contribution is -2.30. The van der Waals surface area contributed by atoms with Gasteiger partial charge in [-0.1, -0.05) is 18.2 Å². The summed E-state index contributed by atoms with van der Waals surface area (Å²) < 4.78 is 5.82. The van der Waals surface area contributed by atoms with Gasteiger partial charge in [-0.05, 0) is 49.8 Å². The van der Waals surface area contributed by atoms with Crippen LogP contribution < -0.4 is 11.3 Å². The number of fused-ring (bicyclic) bond motifs is 1. The number of nitrogens with two attached hydrogens (primary N) is 1. The number of rotatable bonds is 5. The fraction of sp³-hybridized carbons (Fsp3) is 0.471. The molecule has 21 heavy (non-hydrogen) atoms. The molecule has 1 saturated heterocycles. The van der Waals surface area contributed by atoms with E-state index < -0.39 is 0 Å². The highest BCUT2D eigenvalue weighted by Crippen LogP contribution is 2.27. The Morgan fingerprint density at radius 2 is 2.24 bits per heavy atom. The fourth-order valence-electron chi connectivity index (χ4n) is 3.15. The first-order valence-corrected chi connectivity index (χ1v) is 7.80. The van der Waals surface area contributed by atoms with Crippen LogP contribution in [-0.4, -0.2) is 17.7 Å². The van der Waals surface area contributed by atoms with E-state index in [1.807, 2.05) is 24.4 Å². The largest absolute Gasteiger partial charge is 0.378 e. The van der Waals surface area contributed by atoms with Crippen LogP contribution in [0, 0.1) is 0 Å². The summed E-state index contributed by atoms with van der Waals surface area (Å²) in [4.78, 5) is 4.42. The van der Waals surface area contributed by atoms with Crippen molar-refractivity contribution in [1.82, 2.24) is 10.4 Å². The van der Waals surface area contributed by atoms with Gasteiger partial charge in [0, 0.05) is 24.2 Å². The maximum Gasteiger partial charge on any atom is 0.0705 e. The number of nitrogens with zero attached hydrogens (tertiary/aromatic N) is 1. The van der Waals surface area contributed by atoms with Crippen LogP contribution in [0.4, 0.5) is 0 Å². The molecule has 0 amide bonds. The first-order chi connectivity index (χ1) is 10.4. The Balaban J connectivity index is 1.75. The lowest BCUT2D eigenvalue weighted by atomic mass is 9.95. The van der Waals surface area contributed by atoms with Crippen molar-refractivity contribution in [2.24, 2.45) is 5.84 Å². The summed E-state index contributed by atoms with van der Waals surface area (Å²) in [5, 5.41) is 1.17. The van der Waals surface area contributed by atoms with Gasteiger partial charge in [-0.15, -0.1) is 0 Å². The van der Waals surface area contributed by atoms with Gasteiger partial charge in [-0.3, -0.25) is 16.3 Å². The maximum absolute atomic E-state index is 5.82. The van der Waals surface area contributed by atoms with Gasteiger partial charge < -0.3 is 4.74 Å². The SMILES string of the molecule is NNC(CCC1CCCCO1)c1cccc2ncccc12. The maximum atomic E-state index is 5.82. The molecule has 4 nitrogen and oxygen atoms in total. The molecule has 0 spiro atoms. The zero-order valence-electron chi connectivity index (χ0n) is 12.3. The van der Waals surface area contributed by atoms with E-state index >= 15 is 0 Å². The zero-order valence-corrected chi connectivity index (χ0v) is 12.3. The summed E-state index contributed by atoms with van der Waals surface area (Å²) in [7, 11) is 0. The molecule has 112 valence electrons. The molecule has 0 radical (unpaired) electrons. The van der Waals surface area contributed by atoms with Crippen LogP contribution in [0.25, 0.3) is 10.9 Å². The standard InChI is InChI=1S/C17H23N3O/c18-20-17(10-9-13-5-1-2-12-21-13)15-6-3-8-16-14(15)7-4-11-19-16/h3-4,6-8,11,13,17,20H,1-2,5,9-10,12,18H2. The van der Waals surface area contributed by atoms with Crippen LogP contribution in [0.15, 0.2) is 36.5 Å². The summed E-state index contributed by atoms with van der Waals surface area (Å²) in [6.07, 6.45) is 7.90. The van der Waals surface area contributed by atoms with E-state index in [9.17, 15) is 0 Å². The molecule has 1 fully saturated rings. The molecule has 2 atom stereocenters. The van der Waals surface area contributed by atoms with E-state index in [1.54, 1.807) is 0 Å². The molecule has 1 aliphatic rings. The monoisotopic (exact) mass is 285 g/mol. The molecule has 2 heterocycles. The lowest BCUT2D eigenvalue weighted by Gasteiger charge is -2.25. The quantitative estimate of drug-likeness (QED) is 0.654. The van der Waals surface area contributed by atoms with Gasteiger partial charge in [0.05, 0.1) is 11.6 Å². The fourth-order valence-corrected chi connectivity index (χ4v) is 3.15. The summed E-state index contributed by atoms with van der Waals surface area (Å²) in [5.74, 6) is 5.80. The highest BCUT2D eigenvalue weighted by molar-refractivity contribution is 5.82. The molecule has 4 heteroatoms. The Morgan fingerprint density at radius 3 is 3.05 bits per heavy atom. The number of hydrogen-bond acceptors (Lipinski definition) is 4. The number of benzene rings is 1. The smallest absolute Gasteiger partial charge is 0.0705 e. The van der Waals surface area contributed by atoms with Crippen molar-refractivity contribution in [2.45, 2.75) is 44.2 Å². The summed E-state index contributed by atoms with van der Waals surface area (Å²) in [6.45, 7) is 0.906. The molecule has 1 aliphatic heterocycles. The lowest BCUT2D eigenvalue weighted by molar-refractivity contribution is 0.00856. The van der Waals surface area contributed by atoms with Gasteiger partial charge in [-0.2, -0.15) is 0 Å². The molecule has 0 aliphatic carbocycles. The number of aromatic nitrogens is 1. The second-order valence-electron chi connectivity index (χ2n) is 5.70. The normalized spacial score (nSPS) is 20.5. The third kappa shape index (κ3) is 3.40. The minimum Gasteiger partial charge on any atom is -0.378 e. The number of nitrogens with one attached hydrogen (secondary N) is 1. The molecule has 1 aromatic heterocycles. The van der Waals surface area contributed by atoms with Crippen LogP contribution in [0.5, 0.6) is 0 Å². The third-order valence-corrected chi connectivity index (χ3v) is 4.31. The predicted molar refractivity (Wildman–Crippen MR) is 84.6 cm³/mol. The van der Waals surface area contributed by atoms with E-state index in [2.05, 4.69) is 22.5 Å². The van der Waals surface area contributed by atoms with Gasteiger partial charge in [0.25, 0.3) is 0 Å². The van der Waals surface area contributed by atoms with E-state index in [1.165, 1.54) is 30.2 Å². The molecular formula is C17H23N3O. The van der Waals surface area contributed by atoms with Gasteiger partial charge >= 0.3 is 0 Å². The van der Waals surface area contributed by atoms with Crippen molar-refractivity contribution in [3.63, 3.8) is 0 Å².